The monoisotopic (exact) mass is 376 g/mol. The van der Waals surface area contributed by atoms with Gasteiger partial charge in [0.05, 0.1) is 19.6 Å². The molecule has 7 heteroatoms. The zero-order valence-electron chi connectivity index (χ0n) is 15.5. The molecule has 148 valence electrons. The molecule has 3 rings (SSSR count). The molecular weight excluding hydrogens is 348 g/mol. The second-order valence-electron chi connectivity index (χ2n) is 7.38. The first-order valence-electron chi connectivity index (χ1n) is 9.62. The normalized spacial score (nSPS) is 23.9. The second-order valence-corrected chi connectivity index (χ2v) is 7.38. The number of hydrogen-bond acceptors (Lipinski definition) is 5. The van der Waals surface area contributed by atoms with E-state index in [-0.39, 0.29) is 24.0 Å². The first kappa shape index (κ1) is 19.6. The summed E-state index contributed by atoms with van der Waals surface area (Å²) in [5.41, 5.74) is 0.871. The molecule has 0 bridgehead atoms. The Bertz CT molecular complexity index is 642. The fourth-order valence-electron chi connectivity index (χ4n) is 4.13. The first-order valence-corrected chi connectivity index (χ1v) is 9.62. The van der Waals surface area contributed by atoms with Gasteiger partial charge in [-0.2, -0.15) is 0 Å². The minimum atomic E-state index is -0.789. The highest BCUT2D eigenvalue weighted by atomic mass is 16.5. The van der Waals surface area contributed by atoms with Crippen molar-refractivity contribution in [3.63, 3.8) is 0 Å². The summed E-state index contributed by atoms with van der Waals surface area (Å²) in [7, 11) is 0. The third kappa shape index (κ3) is 5.43. The Kier molecular flexibility index (Phi) is 6.68. The molecule has 1 amide bonds. The van der Waals surface area contributed by atoms with Crippen molar-refractivity contribution in [3.8, 4) is 5.75 Å². The van der Waals surface area contributed by atoms with Crippen LogP contribution in [0.1, 0.15) is 24.8 Å². The number of ether oxygens (including phenoxy) is 1. The highest BCUT2D eigenvalue weighted by Gasteiger charge is 2.35. The van der Waals surface area contributed by atoms with Crippen molar-refractivity contribution >= 4 is 11.9 Å². The van der Waals surface area contributed by atoms with Crippen LogP contribution in [0.4, 0.5) is 0 Å². The zero-order valence-corrected chi connectivity index (χ0v) is 15.5. The van der Waals surface area contributed by atoms with E-state index < -0.39 is 5.97 Å². The molecule has 2 heterocycles. The number of carbonyl (C=O) groups is 2. The quantitative estimate of drug-likeness (QED) is 0.779. The molecular formula is C20H28N2O5. The Labute approximate surface area is 159 Å². The molecule has 2 fully saturated rings. The van der Waals surface area contributed by atoms with Crippen LogP contribution < -0.4 is 0 Å². The van der Waals surface area contributed by atoms with E-state index in [0.717, 1.165) is 25.1 Å². The van der Waals surface area contributed by atoms with Gasteiger partial charge in [-0.05, 0) is 36.5 Å². The van der Waals surface area contributed by atoms with Crippen LogP contribution in [-0.4, -0.2) is 77.3 Å². The van der Waals surface area contributed by atoms with Crippen LogP contribution in [0.25, 0.3) is 0 Å². The number of nitrogens with zero attached hydrogens (tertiary/aromatic N) is 2. The van der Waals surface area contributed by atoms with E-state index in [1.54, 1.807) is 24.3 Å². The van der Waals surface area contributed by atoms with E-state index in [4.69, 9.17) is 9.84 Å². The van der Waals surface area contributed by atoms with Crippen molar-refractivity contribution in [2.75, 3.05) is 39.4 Å². The Morgan fingerprint density at radius 1 is 1.11 bits per heavy atom. The molecule has 0 radical (unpaired) electrons. The summed E-state index contributed by atoms with van der Waals surface area (Å²) in [6.07, 6.45) is 1.88. The van der Waals surface area contributed by atoms with Gasteiger partial charge in [-0.3, -0.25) is 14.5 Å². The molecule has 0 aliphatic carbocycles. The molecule has 2 atom stereocenters. The van der Waals surface area contributed by atoms with Crippen LogP contribution in [0.5, 0.6) is 5.75 Å². The zero-order chi connectivity index (χ0) is 19.2. The van der Waals surface area contributed by atoms with Crippen LogP contribution >= 0.6 is 0 Å². The molecule has 2 aliphatic heterocycles. The van der Waals surface area contributed by atoms with Crippen LogP contribution in [0.2, 0.25) is 0 Å². The number of benzene rings is 1. The number of carbonyl (C=O) groups excluding carboxylic acids is 1. The third-order valence-corrected chi connectivity index (χ3v) is 5.58. The average Bonchev–Trinajstić information content (AvgIpc) is 2.68. The molecule has 2 N–H and O–H groups in total. The smallest absolute Gasteiger partial charge is 0.303 e. The number of phenols is 1. The molecule has 0 saturated carbocycles. The third-order valence-electron chi connectivity index (χ3n) is 5.58. The summed E-state index contributed by atoms with van der Waals surface area (Å²) in [6.45, 7) is 4.47. The number of hydrogen-bond donors (Lipinski definition) is 2. The van der Waals surface area contributed by atoms with Gasteiger partial charge in [-0.15, -0.1) is 0 Å². The molecule has 0 spiro atoms. The summed E-state index contributed by atoms with van der Waals surface area (Å²) < 4.78 is 5.44. The predicted octanol–water partition coefficient (Wildman–Crippen LogP) is 1.35. The number of aromatic hydroxyl groups is 1. The van der Waals surface area contributed by atoms with Crippen molar-refractivity contribution in [2.24, 2.45) is 5.92 Å². The lowest BCUT2D eigenvalue weighted by Gasteiger charge is -2.45. The SMILES string of the molecule is O=C(O)CC[C@@H]1CN(C(=O)Cc2ccc(O)cc2)CC[C@@H]1N1CCOCC1. The lowest BCUT2D eigenvalue weighted by Crippen LogP contribution is -2.55. The summed E-state index contributed by atoms with van der Waals surface area (Å²) in [5, 5.41) is 18.5. The summed E-state index contributed by atoms with van der Waals surface area (Å²) >= 11 is 0. The van der Waals surface area contributed by atoms with Crippen LogP contribution in [0.15, 0.2) is 24.3 Å². The molecule has 7 nitrogen and oxygen atoms in total. The molecule has 0 unspecified atom stereocenters. The Hall–Kier alpha value is -2.12. The van der Waals surface area contributed by atoms with Gasteiger partial charge in [-0.25, -0.2) is 0 Å². The average molecular weight is 376 g/mol. The maximum Gasteiger partial charge on any atom is 0.303 e. The van der Waals surface area contributed by atoms with E-state index >= 15 is 0 Å². The number of amides is 1. The van der Waals surface area contributed by atoms with Gasteiger partial charge < -0.3 is 19.8 Å². The molecule has 0 aromatic heterocycles. The largest absolute Gasteiger partial charge is 0.508 e. The maximum absolute atomic E-state index is 12.7. The van der Waals surface area contributed by atoms with Gasteiger partial charge in [0, 0.05) is 38.6 Å². The van der Waals surface area contributed by atoms with E-state index in [1.807, 2.05) is 4.90 Å². The van der Waals surface area contributed by atoms with E-state index in [2.05, 4.69) is 4.90 Å². The minimum Gasteiger partial charge on any atom is -0.508 e. The fraction of sp³-hybridized carbons (Fsp3) is 0.600. The molecule has 2 aliphatic rings. The summed E-state index contributed by atoms with van der Waals surface area (Å²) in [4.78, 5) is 28.1. The van der Waals surface area contributed by atoms with Crippen LogP contribution in [-0.2, 0) is 20.7 Å². The van der Waals surface area contributed by atoms with Crippen molar-refractivity contribution < 1.29 is 24.5 Å². The van der Waals surface area contributed by atoms with Crippen LogP contribution in [0.3, 0.4) is 0 Å². The number of carboxylic acid groups (broad SMARTS) is 1. The number of likely N-dealkylation sites (tertiary alicyclic amines) is 1. The Morgan fingerprint density at radius 2 is 1.81 bits per heavy atom. The predicted molar refractivity (Wildman–Crippen MR) is 99.5 cm³/mol. The standard InChI is InChI=1S/C20H28N2O5/c23-17-4-1-15(2-5-17)13-19(24)22-8-7-18(21-9-11-27-12-10-21)16(14-22)3-6-20(25)26/h1-2,4-5,16,18,23H,3,6-14H2,(H,25,26)/t16-,18+/m1/s1. The number of carboxylic acids is 1. The Balaban J connectivity index is 1.63. The van der Waals surface area contributed by atoms with Crippen LogP contribution in [0, 0.1) is 5.92 Å². The first-order chi connectivity index (χ1) is 13.0. The molecule has 2 saturated heterocycles. The summed E-state index contributed by atoms with van der Waals surface area (Å²) in [6, 6.07) is 7.00. The van der Waals surface area contributed by atoms with E-state index in [0.29, 0.717) is 45.2 Å². The van der Waals surface area contributed by atoms with Gasteiger partial charge in [0.25, 0.3) is 0 Å². The number of phenolic OH excluding ortho intramolecular Hbond substituents is 1. The summed E-state index contributed by atoms with van der Waals surface area (Å²) in [5.74, 6) is -0.382. The number of piperidine rings is 1. The lowest BCUT2D eigenvalue weighted by atomic mass is 9.86. The highest BCUT2D eigenvalue weighted by molar-refractivity contribution is 5.79. The molecule has 27 heavy (non-hydrogen) atoms. The fourth-order valence-corrected chi connectivity index (χ4v) is 4.13. The van der Waals surface area contributed by atoms with Crippen molar-refractivity contribution in [1.29, 1.82) is 0 Å². The van der Waals surface area contributed by atoms with Gasteiger partial charge in [0.2, 0.25) is 5.91 Å². The van der Waals surface area contributed by atoms with Gasteiger partial charge >= 0.3 is 5.97 Å². The van der Waals surface area contributed by atoms with Crippen molar-refractivity contribution in [3.05, 3.63) is 29.8 Å². The van der Waals surface area contributed by atoms with Crippen molar-refractivity contribution in [1.82, 2.24) is 9.80 Å². The lowest BCUT2D eigenvalue weighted by molar-refractivity contribution is -0.138. The number of morpholine rings is 1. The minimum absolute atomic E-state index is 0.0569. The topological polar surface area (TPSA) is 90.3 Å². The van der Waals surface area contributed by atoms with Crippen molar-refractivity contribution in [2.45, 2.75) is 31.7 Å². The second kappa shape index (κ2) is 9.19. The van der Waals surface area contributed by atoms with Gasteiger partial charge in [0.1, 0.15) is 5.75 Å². The van der Waals surface area contributed by atoms with E-state index in [1.165, 1.54) is 0 Å². The highest BCUT2D eigenvalue weighted by Crippen LogP contribution is 2.27. The maximum atomic E-state index is 12.7. The Morgan fingerprint density at radius 3 is 2.48 bits per heavy atom. The van der Waals surface area contributed by atoms with Gasteiger partial charge in [0.15, 0.2) is 0 Å². The number of rotatable bonds is 6. The molecule has 1 aromatic carbocycles. The number of aliphatic carboxylic acids is 1. The van der Waals surface area contributed by atoms with Gasteiger partial charge in [-0.1, -0.05) is 12.1 Å². The molecule has 1 aromatic rings. The van der Waals surface area contributed by atoms with E-state index in [9.17, 15) is 14.7 Å².